The van der Waals surface area contributed by atoms with Crippen LogP contribution in [0.25, 0.3) is 0 Å². The van der Waals surface area contributed by atoms with Gasteiger partial charge in [-0.1, -0.05) is 41.9 Å². The van der Waals surface area contributed by atoms with Gasteiger partial charge in [-0.05, 0) is 12.5 Å². The van der Waals surface area contributed by atoms with Crippen molar-refractivity contribution in [2.45, 2.75) is 25.4 Å². The van der Waals surface area contributed by atoms with Crippen LogP contribution in [0.4, 0.5) is 10.5 Å². The van der Waals surface area contributed by atoms with E-state index in [2.05, 4.69) is 10.6 Å². The van der Waals surface area contributed by atoms with E-state index in [9.17, 15) is 9.59 Å². The molecule has 2 unspecified atom stereocenters. The molecule has 0 aliphatic carbocycles. The van der Waals surface area contributed by atoms with Gasteiger partial charge < -0.3 is 25.0 Å². The van der Waals surface area contributed by atoms with Crippen molar-refractivity contribution in [2.75, 3.05) is 26.1 Å². The first-order valence-corrected chi connectivity index (χ1v) is 9.64. The molecule has 29 heavy (non-hydrogen) atoms. The molecule has 0 radical (unpaired) electrons. The Balaban J connectivity index is 1.64. The summed E-state index contributed by atoms with van der Waals surface area (Å²) in [6, 6.07) is 12.2. The lowest BCUT2D eigenvalue weighted by molar-refractivity contribution is -0.129. The van der Waals surface area contributed by atoms with Gasteiger partial charge in [0, 0.05) is 25.1 Å². The number of amides is 3. The first kappa shape index (κ1) is 20.8. The van der Waals surface area contributed by atoms with Crippen LogP contribution in [0.5, 0.6) is 11.5 Å². The molecule has 0 bridgehead atoms. The SMILES string of the molecule is COc1cc(NC(=O)NC2CC(=O)N(C(C)c3ccccc3)C2)c(OC)cc1Cl. The summed E-state index contributed by atoms with van der Waals surface area (Å²) >= 11 is 6.09. The molecule has 8 heteroatoms. The molecule has 2 aromatic carbocycles. The third-order valence-corrected chi connectivity index (χ3v) is 5.26. The second-order valence-corrected chi connectivity index (χ2v) is 7.23. The summed E-state index contributed by atoms with van der Waals surface area (Å²) in [4.78, 5) is 26.7. The molecule has 0 spiro atoms. The Morgan fingerprint density at radius 3 is 2.52 bits per heavy atom. The summed E-state index contributed by atoms with van der Waals surface area (Å²) in [6.07, 6.45) is 0.256. The smallest absolute Gasteiger partial charge is 0.319 e. The third-order valence-electron chi connectivity index (χ3n) is 4.97. The summed E-state index contributed by atoms with van der Waals surface area (Å²) in [7, 11) is 2.98. The van der Waals surface area contributed by atoms with Crippen LogP contribution < -0.4 is 20.1 Å². The number of methoxy groups -OCH3 is 2. The van der Waals surface area contributed by atoms with Gasteiger partial charge >= 0.3 is 6.03 Å². The van der Waals surface area contributed by atoms with Crippen LogP contribution in [-0.4, -0.2) is 43.6 Å². The van der Waals surface area contributed by atoms with Gasteiger partial charge in [-0.2, -0.15) is 0 Å². The van der Waals surface area contributed by atoms with E-state index >= 15 is 0 Å². The maximum Gasteiger partial charge on any atom is 0.319 e. The predicted molar refractivity (Wildman–Crippen MR) is 112 cm³/mol. The van der Waals surface area contributed by atoms with E-state index in [1.54, 1.807) is 17.0 Å². The van der Waals surface area contributed by atoms with E-state index < -0.39 is 6.03 Å². The van der Waals surface area contributed by atoms with Gasteiger partial charge in [-0.25, -0.2) is 4.79 Å². The lowest BCUT2D eigenvalue weighted by atomic mass is 10.1. The summed E-state index contributed by atoms with van der Waals surface area (Å²) in [5.74, 6) is 0.840. The van der Waals surface area contributed by atoms with Crippen molar-refractivity contribution >= 4 is 29.2 Å². The minimum Gasteiger partial charge on any atom is -0.495 e. The van der Waals surface area contributed by atoms with Crippen molar-refractivity contribution in [2.24, 2.45) is 0 Å². The van der Waals surface area contributed by atoms with E-state index in [-0.39, 0.29) is 24.4 Å². The number of likely N-dealkylation sites (tertiary alicyclic amines) is 1. The monoisotopic (exact) mass is 417 g/mol. The molecule has 7 nitrogen and oxygen atoms in total. The van der Waals surface area contributed by atoms with Gasteiger partial charge in [-0.15, -0.1) is 0 Å². The van der Waals surface area contributed by atoms with Crippen LogP contribution in [0, 0.1) is 0 Å². The van der Waals surface area contributed by atoms with E-state index in [4.69, 9.17) is 21.1 Å². The van der Waals surface area contributed by atoms with Crippen molar-refractivity contribution < 1.29 is 19.1 Å². The molecule has 3 rings (SSSR count). The van der Waals surface area contributed by atoms with Crippen molar-refractivity contribution in [3.63, 3.8) is 0 Å². The minimum absolute atomic E-state index is 0.0115. The number of nitrogens with one attached hydrogen (secondary N) is 2. The number of hydrogen-bond donors (Lipinski definition) is 2. The van der Waals surface area contributed by atoms with Crippen molar-refractivity contribution in [1.82, 2.24) is 10.2 Å². The van der Waals surface area contributed by atoms with Gasteiger partial charge in [0.25, 0.3) is 0 Å². The fraction of sp³-hybridized carbons (Fsp3) is 0.333. The molecule has 2 N–H and O–H groups in total. The first-order valence-electron chi connectivity index (χ1n) is 9.26. The number of anilines is 1. The Morgan fingerprint density at radius 1 is 1.17 bits per heavy atom. The quantitative estimate of drug-likeness (QED) is 0.748. The number of nitrogens with zero attached hydrogens (tertiary/aromatic N) is 1. The maximum absolute atomic E-state index is 12.5. The van der Waals surface area contributed by atoms with Crippen LogP contribution in [0.1, 0.15) is 24.9 Å². The molecule has 0 aromatic heterocycles. The number of benzene rings is 2. The van der Waals surface area contributed by atoms with E-state index in [0.29, 0.717) is 28.8 Å². The zero-order valence-corrected chi connectivity index (χ0v) is 17.3. The molecule has 2 atom stereocenters. The fourth-order valence-electron chi connectivity index (χ4n) is 3.42. The van der Waals surface area contributed by atoms with E-state index in [1.165, 1.54) is 14.2 Å². The normalized spacial score (nSPS) is 17.0. The Hall–Kier alpha value is -2.93. The zero-order valence-electron chi connectivity index (χ0n) is 16.6. The average Bonchev–Trinajstić information content (AvgIpc) is 3.08. The lowest BCUT2D eigenvalue weighted by Crippen LogP contribution is -2.40. The van der Waals surface area contributed by atoms with E-state index in [1.807, 2.05) is 37.3 Å². The highest BCUT2D eigenvalue weighted by atomic mass is 35.5. The molecule has 2 aromatic rings. The van der Waals surface area contributed by atoms with Crippen LogP contribution in [0.15, 0.2) is 42.5 Å². The summed E-state index contributed by atoms with van der Waals surface area (Å²) in [6.45, 7) is 2.43. The number of carbonyl (C=O) groups is 2. The highest BCUT2D eigenvalue weighted by molar-refractivity contribution is 6.32. The van der Waals surface area contributed by atoms with Crippen LogP contribution in [0.2, 0.25) is 5.02 Å². The Bertz CT molecular complexity index is 891. The second-order valence-electron chi connectivity index (χ2n) is 6.82. The molecule has 154 valence electrons. The molecule has 0 saturated carbocycles. The molecule has 1 aliphatic rings. The molecule has 1 fully saturated rings. The van der Waals surface area contributed by atoms with Crippen molar-refractivity contribution in [3.8, 4) is 11.5 Å². The molecular formula is C21H24ClN3O4. The van der Waals surface area contributed by atoms with Gasteiger partial charge in [0.15, 0.2) is 0 Å². The number of hydrogen-bond acceptors (Lipinski definition) is 4. The topological polar surface area (TPSA) is 79.9 Å². The molecule has 1 heterocycles. The van der Waals surface area contributed by atoms with Gasteiger partial charge in [0.05, 0.1) is 37.0 Å². The summed E-state index contributed by atoms with van der Waals surface area (Å²) < 4.78 is 10.5. The Morgan fingerprint density at radius 2 is 1.86 bits per heavy atom. The predicted octanol–water partition coefficient (Wildman–Crippen LogP) is 3.84. The Kier molecular flexibility index (Phi) is 6.49. The number of urea groups is 1. The van der Waals surface area contributed by atoms with Gasteiger partial charge in [-0.3, -0.25) is 4.79 Å². The number of halogens is 1. The number of rotatable bonds is 6. The minimum atomic E-state index is -0.431. The lowest BCUT2D eigenvalue weighted by Gasteiger charge is -2.25. The van der Waals surface area contributed by atoms with E-state index in [0.717, 1.165) is 5.56 Å². The Labute approximate surface area is 174 Å². The van der Waals surface area contributed by atoms with Gasteiger partial charge in [0.2, 0.25) is 5.91 Å². The standard InChI is InChI=1S/C21H24ClN3O4/c1-13(14-7-5-4-6-8-14)25-12-15(9-20(25)26)23-21(27)24-17-11-18(28-2)16(22)10-19(17)29-3/h4-8,10-11,13,15H,9,12H2,1-3H3,(H2,23,24,27). The second kappa shape index (κ2) is 9.05. The first-order chi connectivity index (χ1) is 13.9. The van der Waals surface area contributed by atoms with Crippen LogP contribution in [0.3, 0.4) is 0 Å². The fourth-order valence-corrected chi connectivity index (χ4v) is 3.65. The highest BCUT2D eigenvalue weighted by Crippen LogP contribution is 2.36. The molecule has 1 saturated heterocycles. The van der Waals surface area contributed by atoms with Crippen LogP contribution >= 0.6 is 11.6 Å². The van der Waals surface area contributed by atoms with Gasteiger partial charge in [0.1, 0.15) is 11.5 Å². The maximum atomic E-state index is 12.5. The number of ether oxygens (including phenoxy) is 2. The summed E-state index contributed by atoms with van der Waals surface area (Å²) in [5, 5.41) is 5.97. The van der Waals surface area contributed by atoms with Crippen molar-refractivity contribution in [1.29, 1.82) is 0 Å². The zero-order chi connectivity index (χ0) is 21.0. The van der Waals surface area contributed by atoms with Crippen LogP contribution in [-0.2, 0) is 4.79 Å². The van der Waals surface area contributed by atoms with Crippen molar-refractivity contribution in [3.05, 3.63) is 53.1 Å². The average molecular weight is 418 g/mol. The number of carbonyl (C=O) groups excluding carboxylic acids is 2. The summed E-state index contributed by atoms with van der Waals surface area (Å²) in [5.41, 5.74) is 1.48. The largest absolute Gasteiger partial charge is 0.495 e. The molecular weight excluding hydrogens is 394 g/mol. The third kappa shape index (κ3) is 4.74. The highest BCUT2D eigenvalue weighted by Gasteiger charge is 2.34. The molecule has 3 amide bonds. The molecule has 1 aliphatic heterocycles.